The van der Waals surface area contributed by atoms with E-state index < -0.39 is 5.97 Å². The summed E-state index contributed by atoms with van der Waals surface area (Å²) in [6, 6.07) is 5.05. The Balaban J connectivity index is 2.54. The molecule has 1 aromatic rings. The summed E-state index contributed by atoms with van der Waals surface area (Å²) in [5.74, 6) is -0.438. The second-order valence-electron chi connectivity index (χ2n) is 3.25. The zero-order valence-corrected chi connectivity index (χ0v) is 8.85. The molecule has 1 aromatic carbocycles. The summed E-state index contributed by atoms with van der Waals surface area (Å²) in [5, 5.41) is 0. The Labute approximate surface area is 93.9 Å². The first-order valence-electron chi connectivity index (χ1n) is 4.80. The standard InChI is InChI=1S/C11H15N3O2/c12-3-1-2-11(15)16-7-8-4-9(13)6-10(14)5-8/h1-2,4-6H,3,7,12-14H2/b2-1+. The third-order valence-corrected chi connectivity index (χ3v) is 1.81. The van der Waals surface area contributed by atoms with Crippen molar-refractivity contribution in [2.75, 3.05) is 18.0 Å². The topological polar surface area (TPSA) is 104 Å². The molecule has 86 valence electrons. The summed E-state index contributed by atoms with van der Waals surface area (Å²) in [6.45, 7) is 0.448. The molecule has 0 unspecified atom stereocenters. The van der Waals surface area contributed by atoms with Crippen molar-refractivity contribution in [3.05, 3.63) is 35.9 Å². The number of hydrogen-bond acceptors (Lipinski definition) is 5. The Hall–Kier alpha value is -2.01. The van der Waals surface area contributed by atoms with Gasteiger partial charge < -0.3 is 21.9 Å². The summed E-state index contributed by atoms with van der Waals surface area (Å²) < 4.78 is 4.95. The molecule has 0 fully saturated rings. The molecule has 0 spiro atoms. The summed E-state index contributed by atoms with van der Waals surface area (Å²) in [7, 11) is 0. The van der Waals surface area contributed by atoms with Crippen LogP contribution in [0.15, 0.2) is 30.4 Å². The Morgan fingerprint density at radius 2 is 1.88 bits per heavy atom. The van der Waals surface area contributed by atoms with Crippen molar-refractivity contribution in [3.63, 3.8) is 0 Å². The first-order valence-corrected chi connectivity index (χ1v) is 4.80. The largest absolute Gasteiger partial charge is 0.458 e. The lowest BCUT2D eigenvalue weighted by molar-refractivity contribution is -0.139. The molecule has 0 aliphatic rings. The molecule has 0 heterocycles. The Morgan fingerprint density at radius 1 is 1.25 bits per heavy atom. The van der Waals surface area contributed by atoms with Gasteiger partial charge in [0.2, 0.25) is 0 Å². The summed E-state index contributed by atoms with van der Waals surface area (Å²) in [4.78, 5) is 11.1. The van der Waals surface area contributed by atoms with Crippen molar-refractivity contribution in [1.82, 2.24) is 0 Å². The third-order valence-electron chi connectivity index (χ3n) is 1.81. The van der Waals surface area contributed by atoms with E-state index >= 15 is 0 Å². The number of hydrogen-bond donors (Lipinski definition) is 3. The van der Waals surface area contributed by atoms with Crippen LogP contribution >= 0.6 is 0 Å². The molecule has 5 heteroatoms. The summed E-state index contributed by atoms with van der Waals surface area (Å²) >= 11 is 0. The first-order chi connectivity index (χ1) is 7.61. The van der Waals surface area contributed by atoms with E-state index in [1.54, 1.807) is 18.2 Å². The van der Waals surface area contributed by atoms with Crippen LogP contribution in [0.4, 0.5) is 11.4 Å². The first kappa shape index (κ1) is 12.1. The number of esters is 1. The van der Waals surface area contributed by atoms with Crippen molar-refractivity contribution in [2.24, 2.45) is 5.73 Å². The molecule has 0 saturated heterocycles. The van der Waals surface area contributed by atoms with Gasteiger partial charge in [-0.15, -0.1) is 0 Å². The normalized spacial score (nSPS) is 10.6. The van der Waals surface area contributed by atoms with Gasteiger partial charge in [-0.05, 0) is 23.8 Å². The third kappa shape index (κ3) is 4.02. The van der Waals surface area contributed by atoms with Gasteiger partial charge in [0.25, 0.3) is 0 Å². The minimum atomic E-state index is -0.438. The molecule has 0 radical (unpaired) electrons. The van der Waals surface area contributed by atoms with Gasteiger partial charge in [0.15, 0.2) is 0 Å². The van der Waals surface area contributed by atoms with Crippen LogP contribution in [0.5, 0.6) is 0 Å². The van der Waals surface area contributed by atoms with Gasteiger partial charge >= 0.3 is 5.97 Å². The van der Waals surface area contributed by atoms with E-state index in [9.17, 15) is 4.79 Å². The predicted molar refractivity (Wildman–Crippen MR) is 63.3 cm³/mol. The number of nitrogen functional groups attached to an aromatic ring is 2. The van der Waals surface area contributed by atoms with Crippen LogP contribution < -0.4 is 17.2 Å². The van der Waals surface area contributed by atoms with E-state index in [4.69, 9.17) is 21.9 Å². The van der Waals surface area contributed by atoms with Crippen LogP contribution in [0.1, 0.15) is 5.56 Å². The van der Waals surface area contributed by atoms with E-state index in [0.717, 1.165) is 5.56 Å². The molecule has 0 bridgehead atoms. The lowest BCUT2D eigenvalue weighted by Gasteiger charge is -2.04. The lowest BCUT2D eigenvalue weighted by Crippen LogP contribution is -2.03. The van der Waals surface area contributed by atoms with Crippen LogP contribution in [0.3, 0.4) is 0 Å². The number of carbonyl (C=O) groups excluding carboxylic acids is 1. The predicted octanol–water partition coefficient (Wildman–Crippen LogP) is 0.409. The molecule has 0 saturated carbocycles. The maximum atomic E-state index is 11.1. The number of nitrogens with two attached hydrogens (primary N) is 3. The van der Waals surface area contributed by atoms with Crippen LogP contribution in [-0.4, -0.2) is 12.5 Å². The molecular weight excluding hydrogens is 206 g/mol. The number of benzene rings is 1. The SMILES string of the molecule is NC/C=C/C(=O)OCc1cc(N)cc(N)c1. The Kier molecular flexibility index (Phi) is 4.35. The van der Waals surface area contributed by atoms with Gasteiger partial charge in [0.1, 0.15) is 6.61 Å². The van der Waals surface area contributed by atoms with Crippen molar-refractivity contribution >= 4 is 17.3 Å². The maximum Gasteiger partial charge on any atom is 0.330 e. The Morgan fingerprint density at radius 3 is 2.44 bits per heavy atom. The molecule has 0 aliphatic carbocycles. The van der Waals surface area contributed by atoms with Crippen molar-refractivity contribution in [1.29, 1.82) is 0 Å². The zero-order chi connectivity index (χ0) is 12.0. The number of ether oxygens (including phenoxy) is 1. The molecule has 0 aliphatic heterocycles. The zero-order valence-electron chi connectivity index (χ0n) is 8.85. The van der Waals surface area contributed by atoms with E-state index in [1.807, 2.05) is 0 Å². The van der Waals surface area contributed by atoms with Crippen LogP contribution in [0.25, 0.3) is 0 Å². The van der Waals surface area contributed by atoms with Gasteiger partial charge in [-0.3, -0.25) is 0 Å². The smallest absolute Gasteiger partial charge is 0.330 e. The molecule has 6 N–H and O–H groups in total. The summed E-state index contributed by atoms with van der Waals surface area (Å²) in [6.07, 6.45) is 2.81. The fourth-order valence-electron chi connectivity index (χ4n) is 1.20. The van der Waals surface area contributed by atoms with Crippen molar-refractivity contribution < 1.29 is 9.53 Å². The average Bonchev–Trinajstić information content (AvgIpc) is 2.22. The van der Waals surface area contributed by atoms with E-state index in [-0.39, 0.29) is 6.61 Å². The van der Waals surface area contributed by atoms with Gasteiger partial charge in [-0.25, -0.2) is 4.79 Å². The van der Waals surface area contributed by atoms with E-state index in [2.05, 4.69) is 0 Å². The molecular formula is C11H15N3O2. The molecule has 0 aromatic heterocycles. The highest BCUT2D eigenvalue weighted by Gasteiger charge is 2.00. The molecule has 0 atom stereocenters. The van der Waals surface area contributed by atoms with Crippen LogP contribution in [0.2, 0.25) is 0 Å². The number of anilines is 2. The number of carbonyl (C=O) groups is 1. The van der Waals surface area contributed by atoms with Crippen molar-refractivity contribution in [3.8, 4) is 0 Å². The van der Waals surface area contributed by atoms with Crippen LogP contribution in [0, 0.1) is 0 Å². The van der Waals surface area contributed by atoms with Gasteiger partial charge in [-0.2, -0.15) is 0 Å². The van der Waals surface area contributed by atoms with Gasteiger partial charge in [0.05, 0.1) is 0 Å². The second-order valence-corrected chi connectivity index (χ2v) is 3.25. The van der Waals surface area contributed by atoms with Crippen LogP contribution in [-0.2, 0) is 16.1 Å². The fourth-order valence-corrected chi connectivity index (χ4v) is 1.20. The highest BCUT2D eigenvalue weighted by Crippen LogP contribution is 2.14. The Bertz CT molecular complexity index is 382. The van der Waals surface area contributed by atoms with E-state index in [0.29, 0.717) is 17.9 Å². The minimum Gasteiger partial charge on any atom is -0.458 e. The quantitative estimate of drug-likeness (QED) is 0.388. The average molecular weight is 221 g/mol. The fraction of sp³-hybridized carbons (Fsp3) is 0.182. The molecule has 16 heavy (non-hydrogen) atoms. The second kappa shape index (κ2) is 5.77. The lowest BCUT2D eigenvalue weighted by atomic mass is 10.2. The highest BCUT2D eigenvalue weighted by atomic mass is 16.5. The summed E-state index contributed by atoms with van der Waals surface area (Å²) in [5.41, 5.74) is 18.2. The van der Waals surface area contributed by atoms with Crippen molar-refractivity contribution in [2.45, 2.75) is 6.61 Å². The van der Waals surface area contributed by atoms with E-state index in [1.165, 1.54) is 12.2 Å². The number of rotatable bonds is 4. The van der Waals surface area contributed by atoms with Gasteiger partial charge in [-0.1, -0.05) is 6.08 Å². The maximum absolute atomic E-state index is 11.1. The minimum absolute atomic E-state index is 0.142. The molecule has 1 rings (SSSR count). The highest BCUT2D eigenvalue weighted by molar-refractivity contribution is 5.81. The molecule has 0 amide bonds. The molecule has 5 nitrogen and oxygen atoms in total. The monoisotopic (exact) mass is 221 g/mol. The van der Waals surface area contributed by atoms with Gasteiger partial charge in [0, 0.05) is 24.0 Å².